The number of nitro groups is 1. The lowest BCUT2D eigenvalue weighted by atomic mass is 10.0. The smallest absolute Gasteiger partial charge is 0.490 e. The van der Waals surface area contributed by atoms with Gasteiger partial charge in [0.15, 0.2) is 11.5 Å². The molecule has 0 aliphatic rings. The first kappa shape index (κ1) is 34.6. The molecule has 1 atom stereocenters. The van der Waals surface area contributed by atoms with Crippen LogP contribution in [0, 0.1) is 15.5 Å². The quantitative estimate of drug-likeness (QED) is 0.0722. The van der Waals surface area contributed by atoms with Crippen molar-refractivity contribution in [3.63, 3.8) is 0 Å². The standard InChI is InChI=1S/C25H29N7O5.C2HF3O2/c1-4-36-21-13-17(7-11-20(21)37-15(2)3)23(29-18-8-5-16(6-9-18)24(26)27)25(33)31-30-22-12-10-19(14-28-22)32(34)35;3-2(4,5)1(6)7/h5-15,23,29H,4H2,1-3H3,(H3,26,27)(H,28,30)(H,31,33);(H,6,7). The van der Waals surface area contributed by atoms with Crippen molar-refractivity contribution in [1.82, 2.24) is 10.4 Å². The lowest BCUT2D eigenvalue weighted by molar-refractivity contribution is -0.385. The van der Waals surface area contributed by atoms with Gasteiger partial charge in [-0.2, -0.15) is 13.2 Å². The summed E-state index contributed by atoms with van der Waals surface area (Å²) >= 11 is 0. The van der Waals surface area contributed by atoms with E-state index >= 15 is 0 Å². The minimum Gasteiger partial charge on any atom is -0.490 e. The summed E-state index contributed by atoms with van der Waals surface area (Å²) in [5.74, 6) is -2.02. The van der Waals surface area contributed by atoms with Gasteiger partial charge in [-0.1, -0.05) is 6.07 Å². The molecule has 0 spiro atoms. The van der Waals surface area contributed by atoms with Gasteiger partial charge in [0, 0.05) is 17.3 Å². The molecular weight excluding hydrogens is 591 g/mol. The molecule has 236 valence electrons. The molecule has 1 unspecified atom stereocenters. The van der Waals surface area contributed by atoms with Gasteiger partial charge in [0.2, 0.25) is 0 Å². The second kappa shape index (κ2) is 15.6. The van der Waals surface area contributed by atoms with Crippen molar-refractivity contribution >= 4 is 34.9 Å². The topological polar surface area (TPSA) is 215 Å². The van der Waals surface area contributed by atoms with Crippen LogP contribution in [0.25, 0.3) is 0 Å². The number of carbonyl (C=O) groups excluding carboxylic acids is 1. The molecule has 1 amide bonds. The van der Waals surface area contributed by atoms with Crippen molar-refractivity contribution in [2.45, 2.75) is 39.1 Å². The van der Waals surface area contributed by atoms with Crippen LogP contribution in [0.5, 0.6) is 11.5 Å². The lowest BCUT2D eigenvalue weighted by Gasteiger charge is -2.22. The van der Waals surface area contributed by atoms with Crippen molar-refractivity contribution < 1.29 is 42.3 Å². The van der Waals surface area contributed by atoms with Crippen LogP contribution in [-0.4, -0.2) is 51.6 Å². The molecule has 3 aromatic rings. The molecule has 0 saturated carbocycles. The first-order chi connectivity index (χ1) is 20.6. The Hall–Kier alpha value is -5.61. The van der Waals surface area contributed by atoms with E-state index in [1.54, 1.807) is 42.5 Å². The van der Waals surface area contributed by atoms with Gasteiger partial charge in [-0.05, 0) is 68.8 Å². The van der Waals surface area contributed by atoms with Crippen molar-refractivity contribution in [2.24, 2.45) is 5.73 Å². The van der Waals surface area contributed by atoms with Crippen LogP contribution in [-0.2, 0) is 9.59 Å². The third-order valence-electron chi connectivity index (χ3n) is 5.25. The van der Waals surface area contributed by atoms with E-state index in [9.17, 15) is 28.1 Å². The van der Waals surface area contributed by atoms with Gasteiger partial charge in [-0.15, -0.1) is 0 Å². The molecule has 0 radical (unpaired) electrons. The van der Waals surface area contributed by atoms with E-state index in [1.165, 1.54) is 12.1 Å². The Morgan fingerprint density at radius 1 is 1.11 bits per heavy atom. The Balaban J connectivity index is 0.000000860. The number of carboxylic acid groups (broad SMARTS) is 1. The van der Waals surface area contributed by atoms with Crippen LogP contribution in [0.2, 0.25) is 0 Å². The molecule has 1 aromatic heterocycles. The largest absolute Gasteiger partial charge is 0.490 e. The number of pyridine rings is 1. The van der Waals surface area contributed by atoms with E-state index in [1.807, 2.05) is 20.8 Å². The monoisotopic (exact) mass is 621 g/mol. The second-order valence-corrected chi connectivity index (χ2v) is 8.95. The number of hydrogen-bond acceptors (Lipinski definition) is 10. The number of carboxylic acids is 1. The molecule has 3 rings (SSSR count). The molecule has 44 heavy (non-hydrogen) atoms. The maximum absolute atomic E-state index is 13.3. The average Bonchev–Trinajstić information content (AvgIpc) is 2.95. The molecule has 14 nitrogen and oxygen atoms in total. The number of nitrogens with one attached hydrogen (secondary N) is 4. The Labute approximate surface area is 249 Å². The van der Waals surface area contributed by atoms with Crippen LogP contribution in [0.4, 0.5) is 30.4 Å². The van der Waals surface area contributed by atoms with E-state index in [4.69, 9.17) is 30.5 Å². The molecule has 0 aliphatic heterocycles. The van der Waals surface area contributed by atoms with Gasteiger partial charge < -0.3 is 25.6 Å². The predicted octanol–water partition coefficient (Wildman–Crippen LogP) is 4.39. The zero-order valence-electron chi connectivity index (χ0n) is 23.6. The second-order valence-electron chi connectivity index (χ2n) is 8.95. The maximum atomic E-state index is 13.3. The number of aliphatic carboxylic acids is 1. The summed E-state index contributed by atoms with van der Waals surface area (Å²) in [6.07, 6.45) is -4.07. The highest BCUT2D eigenvalue weighted by atomic mass is 19.4. The van der Waals surface area contributed by atoms with E-state index in [0.717, 1.165) is 6.20 Å². The van der Waals surface area contributed by atoms with Gasteiger partial charge in [0.1, 0.15) is 23.9 Å². The highest BCUT2D eigenvalue weighted by Gasteiger charge is 2.38. The number of aromatic nitrogens is 1. The number of nitrogens with two attached hydrogens (primary N) is 1. The number of alkyl halides is 3. The minimum atomic E-state index is -5.08. The zero-order chi connectivity index (χ0) is 33.0. The third kappa shape index (κ3) is 10.7. The summed E-state index contributed by atoms with van der Waals surface area (Å²) < 4.78 is 43.3. The Bertz CT molecular complexity index is 1450. The highest BCUT2D eigenvalue weighted by molar-refractivity contribution is 5.95. The highest BCUT2D eigenvalue weighted by Crippen LogP contribution is 2.33. The molecule has 17 heteroatoms. The zero-order valence-corrected chi connectivity index (χ0v) is 23.6. The molecule has 2 aromatic carbocycles. The number of hydrogen-bond donors (Lipinski definition) is 6. The van der Waals surface area contributed by atoms with E-state index < -0.39 is 29.0 Å². The first-order valence-electron chi connectivity index (χ1n) is 12.7. The molecule has 7 N–H and O–H groups in total. The lowest BCUT2D eigenvalue weighted by Crippen LogP contribution is -2.37. The Morgan fingerprint density at radius 3 is 2.23 bits per heavy atom. The SMILES string of the molecule is CCOc1cc(C(Nc2ccc(C(=N)N)cc2)C(=O)NNc2ccc([N+](=O)[O-])cn2)ccc1OC(C)C.O=C(O)C(F)(F)F. The van der Waals surface area contributed by atoms with Crippen molar-refractivity contribution in [3.05, 3.63) is 82.0 Å². The fraction of sp³-hybridized carbons (Fsp3) is 0.259. The van der Waals surface area contributed by atoms with Gasteiger partial charge >= 0.3 is 12.1 Å². The van der Waals surface area contributed by atoms with Crippen molar-refractivity contribution in [1.29, 1.82) is 5.41 Å². The fourth-order valence-electron chi connectivity index (χ4n) is 3.30. The van der Waals surface area contributed by atoms with E-state index in [-0.39, 0.29) is 23.4 Å². The Kier molecular flexibility index (Phi) is 12.2. The third-order valence-corrected chi connectivity index (χ3v) is 5.25. The number of rotatable bonds is 12. The number of hydrazine groups is 1. The van der Waals surface area contributed by atoms with Crippen LogP contribution >= 0.6 is 0 Å². The molecule has 0 bridgehead atoms. The summed E-state index contributed by atoms with van der Waals surface area (Å²) in [7, 11) is 0. The fourth-order valence-corrected chi connectivity index (χ4v) is 3.30. The maximum Gasteiger partial charge on any atom is 0.490 e. The number of anilines is 2. The first-order valence-corrected chi connectivity index (χ1v) is 12.7. The number of carbonyl (C=O) groups is 2. The molecule has 1 heterocycles. The van der Waals surface area contributed by atoms with Crippen molar-refractivity contribution in [2.75, 3.05) is 17.3 Å². The van der Waals surface area contributed by atoms with Crippen LogP contribution < -0.4 is 31.4 Å². The average molecular weight is 622 g/mol. The summed E-state index contributed by atoms with van der Waals surface area (Å²) in [5, 5.41) is 28.7. The molecular formula is C27H30F3N7O7. The van der Waals surface area contributed by atoms with E-state index in [0.29, 0.717) is 34.9 Å². The van der Waals surface area contributed by atoms with Crippen molar-refractivity contribution in [3.8, 4) is 11.5 Å². The molecule has 0 aliphatic carbocycles. The van der Waals surface area contributed by atoms with Crippen LogP contribution in [0.3, 0.4) is 0 Å². The van der Waals surface area contributed by atoms with Gasteiger partial charge in [-0.25, -0.2) is 9.78 Å². The van der Waals surface area contributed by atoms with Gasteiger partial charge in [0.25, 0.3) is 11.6 Å². The molecule has 0 fully saturated rings. The summed E-state index contributed by atoms with van der Waals surface area (Å²) in [6.45, 7) is 6.07. The van der Waals surface area contributed by atoms with Crippen LogP contribution in [0.1, 0.15) is 37.9 Å². The number of ether oxygens (including phenoxy) is 2. The van der Waals surface area contributed by atoms with Gasteiger partial charge in [-0.3, -0.25) is 31.2 Å². The number of halogens is 3. The number of amides is 1. The van der Waals surface area contributed by atoms with E-state index in [2.05, 4.69) is 21.2 Å². The minimum absolute atomic E-state index is 0.0669. The molecule has 0 saturated heterocycles. The number of nitrogen functional groups attached to an aromatic ring is 1. The number of benzene rings is 2. The predicted molar refractivity (Wildman–Crippen MR) is 154 cm³/mol. The Morgan fingerprint density at radius 2 is 1.75 bits per heavy atom. The summed E-state index contributed by atoms with van der Waals surface area (Å²) in [6, 6.07) is 13.8. The number of amidine groups is 1. The van der Waals surface area contributed by atoms with Crippen LogP contribution in [0.15, 0.2) is 60.8 Å². The summed E-state index contributed by atoms with van der Waals surface area (Å²) in [4.78, 5) is 36.4. The van der Waals surface area contributed by atoms with Gasteiger partial charge in [0.05, 0.1) is 17.6 Å². The number of nitrogens with zero attached hydrogens (tertiary/aromatic N) is 2. The summed E-state index contributed by atoms with van der Waals surface area (Å²) in [5.41, 5.74) is 12.4. The normalized spacial score (nSPS) is 11.3.